The Hall–Kier alpha value is -0.720. The number of rotatable bonds is 3. The van der Waals surface area contributed by atoms with Gasteiger partial charge in [0.2, 0.25) is 0 Å². The van der Waals surface area contributed by atoms with Gasteiger partial charge in [-0.05, 0) is 30.2 Å². The van der Waals surface area contributed by atoms with Crippen molar-refractivity contribution in [2.75, 3.05) is 0 Å². The molecule has 0 aromatic carbocycles. The highest BCUT2D eigenvalue weighted by Gasteiger charge is 2.21. The molecule has 2 aromatic rings. The fourth-order valence-electron chi connectivity index (χ4n) is 1.41. The molecule has 0 bridgehead atoms. The lowest BCUT2D eigenvalue weighted by Crippen LogP contribution is -2.17. The zero-order chi connectivity index (χ0) is 14.9. The summed E-state index contributed by atoms with van der Waals surface area (Å²) in [5.74, 6) is 1.61. The van der Waals surface area contributed by atoms with Gasteiger partial charge in [0.15, 0.2) is 4.34 Å². The summed E-state index contributed by atoms with van der Waals surface area (Å²) < 4.78 is 5.18. The number of aromatic nitrogens is 4. The molecule has 2 rings (SSSR count). The van der Waals surface area contributed by atoms with Gasteiger partial charge < -0.3 is 0 Å². The Morgan fingerprint density at radius 3 is 2.45 bits per heavy atom. The summed E-state index contributed by atoms with van der Waals surface area (Å²) in [5.41, 5.74) is 0.750. The zero-order valence-electron chi connectivity index (χ0n) is 12.2. The second-order valence-corrected chi connectivity index (χ2v) is 7.80. The first-order valence-electron chi connectivity index (χ1n) is 6.36. The molecule has 20 heavy (non-hydrogen) atoms. The van der Waals surface area contributed by atoms with Crippen LogP contribution >= 0.6 is 34.9 Å². The molecule has 4 nitrogen and oxygen atoms in total. The van der Waals surface area contributed by atoms with Gasteiger partial charge in [0, 0.05) is 17.4 Å². The third-order valence-corrected chi connectivity index (χ3v) is 4.91. The van der Waals surface area contributed by atoms with Gasteiger partial charge in [-0.15, -0.1) is 0 Å². The summed E-state index contributed by atoms with van der Waals surface area (Å²) in [7, 11) is 0. The van der Waals surface area contributed by atoms with Crippen LogP contribution in [0.2, 0.25) is 5.15 Å². The van der Waals surface area contributed by atoms with Gasteiger partial charge in [0.05, 0.1) is 0 Å². The van der Waals surface area contributed by atoms with E-state index in [1.807, 2.05) is 13.8 Å². The molecule has 2 aromatic heterocycles. The molecular weight excluding hydrogens is 312 g/mol. The standard InChI is InChI=1S/C13H17ClN4S2/c1-6-8-15-12(20-18-8)19-10-7(2)9(14)16-11(17-10)13(3,4)5/h6H2,1-5H3. The van der Waals surface area contributed by atoms with E-state index < -0.39 is 0 Å². The Kier molecular flexibility index (Phi) is 4.66. The molecule has 0 spiro atoms. The molecule has 0 fully saturated rings. The van der Waals surface area contributed by atoms with Crippen LogP contribution in [-0.2, 0) is 11.8 Å². The highest BCUT2D eigenvalue weighted by atomic mass is 35.5. The van der Waals surface area contributed by atoms with E-state index >= 15 is 0 Å². The predicted octanol–water partition coefficient (Wildman–Crippen LogP) is 4.30. The Balaban J connectivity index is 2.37. The van der Waals surface area contributed by atoms with Crippen LogP contribution in [0.4, 0.5) is 0 Å². The van der Waals surface area contributed by atoms with Crippen LogP contribution in [0.15, 0.2) is 9.37 Å². The molecule has 0 saturated carbocycles. The van der Waals surface area contributed by atoms with Crippen molar-refractivity contribution in [3.8, 4) is 0 Å². The molecule has 0 radical (unpaired) electrons. The molecule has 0 unspecified atom stereocenters. The molecule has 7 heteroatoms. The maximum absolute atomic E-state index is 6.23. The topological polar surface area (TPSA) is 51.6 Å². The number of hydrogen-bond donors (Lipinski definition) is 0. The number of hydrogen-bond acceptors (Lipinski definition) is 6. The lowest BCUT2D eigenvalue weighted by molar-refractivity contribution is 0.537. The average molecular weight is 329 g/mol. The van der Waals surface area contributed by atoms with Crippen LogP contribution in [0.1, 0.15) is 44.9 Å². The van der Waals surface area contributed by atoms with Crippen LogP contribution in [-0.4, -0.2) is 19.3 Å². The smallest absolute Gasteiger partial charge is 0.176 e. The Labute approximate surface area is 132 Å². The minimum atomic E-state index is -0.137. The normalized spacial score (nSPS) is 11.9. The zero-order valence-corrected chi connectivity index (χ0v) is 14.6. The average Bonchev–Trinajstić information content (AvgIpc) is 2.81. The number of halogens is 1. The van der Waals surface area contributed by atoms with Crippen LogP contribution in [0, 0.1) is 6.92 Å². The Bertz CT molecular complexity index is 619. The summed E-state index contributed by atoms with van der Waals surface area (Å²) in [5, 5.41) is 1.36. The van der Waals surface area contributed by atoms with Crippen molar-refractivity contribution in [3.63, 3.8) is 0 Å². The minimum Gasteiger partial charge on any atom is -0.225 e. The molecule has 0 saturated heterocycles. The molecule has 0 aliphatic rings. The fourth-order valence-corrected chi connectivity index (χ4v) is 3.33. The summed E-state index contributed by atoms with van der Waals surface area (Å²) >= 11 is 9.13. The SMILES string of the molecule is CCc1nsc(Sc2nc(C(C)(C)C)nc(Cl)c2C)n1. The Morgan fingerprint density at radius 2 is 1.90 bits per heavy atom. The van der Waals surface area contributed by atoms with Gasteiger partial charge in [0.25, 0.3) is 0 Å². The van der Waals surface area contributed by atoms with Gasteiger partial charge in [-0.2, -0.15) is 4.37 Å². The first-order valence-corrected chi connectivity index (χ1v) is 8.33. The largest absolute Gasteiger partial charge is 0.225 e. The van der Waals surface area contributed by atoms with Crippen molar-refractivity contribution in [1.29, 1.82) is 0 Å². The van der Waals surface area contributed by atoms with E-state index in [-0.39, 0.29) is 5.41 Å². The molecular formula is C13H17ClN4S2. The van der Waals surface area contributed by atoms with Crippen molar-refractivity contribution in [3.05, 3.63) is 22.4 Å². The van der Waals surface area contributed by atoms with Crippen LogP contribution in [0.5, 0.6) is 0 Å². The summed E-state index contributed by atoms with van der Waals surface area (Å²) in [6.07, 6.45) is 0.841. The van der Waals surface area contributed by atoms with E-state index in [1.165, 1.54) is 23.3 Å². The summed E-state index contributed by atoms with van der Waals surface area (Å²) in [6, 6.07) is 0. The first kappa shape index (κ1) is 15.7. The van der Waals surface area contributed by atoms with Crippen molar-refractivity contribution in [2.45, 2.75) is 55.8 Å². The van der Waals surface area contributed by atoms with Gasteiger partial charge in [-0.25, -0.2) is 15.0 Å². The van der Waals surface area contributed by atoms with Crippen LogP contribution < -0.4 is 0 Å². The van der Waals surface area contributed by atoms with Gasteiger partial charge in [-0.3, -0.25) is 0 Å². The molecule has 108 valence electrons. The van der Waals surface area contributed by atoms with Crippen LogP contribution in [0.25, 0.3) is 0 Å². The van der Waals surface area contributed by atoms with E-state index in [0.717, 1.165) is 33.0 Å². The Morgan fingerprint density at radius 1 is 1.20 bits per heavy atom. The third kappa shape index (κ3) is 3.48. The van der Waals surface area contributed by atoms with E-state index in [9.17, 15) is 0 Å². The van der Waals surface area contributed by atoms with E-state index in [2.05, 4.69) is 40.1 Å². The second kappa shape index (κ2) is 5.95. The molecule has 2 heterocycles. The van der Waals surface area contributed by atoms with Crippen molar-refractivity contribution in [1.82, 2.24) is 19.3 Å². The summed E-state index contributed by atoms with van der Waals surface area (Å²) in [4.78, 5) is 13.5. The maximum atomic E-state index is 6.23. The van der Waals surface area contributed by atoms with E-state index in [1.54, 1.807) is 0 Å². The fraction of sp³-hybridized carbons (Fsp3) is 0.538. The van der Waals surface area contributed by atoms with Crippen molar-refractivity contribution in [2.24, 2.45) is 0 Å². The quantitative estimate of drug-likeness (QED) is 0.786. The van der Waals surface area contributed by atoms with Crippen molar-refractivity contribution >= 4 is 34.9 Å². The molecule has 0 amide bonds. The molecule has 0 aliphatic carbocycles. The van der Waals surface area contributed by atoms with Crippen LogP contribution in [0.3, 0.4) is 0 Å². The highest BCUT2D eigenvalue weighted by Crippen LogP contribution is 2.34. The first-order chi connectivity index (χ1) is 9.31. The van der Waals surface area contributed by atoms with Gasteiger partial charge >= 0.3 is 0 Å². The number of aryl methyl sites for hydroxylation is 1. The molecule has 0 atom stereocenters. The monoisotopic (exact) mass is 328 g/mol. The summed E-state index contributed by atoms with van der Waals surface area (Å²) in [6.45, 7) is 10.2. The number of nitrogens with zero attached hydrogens (tertiary/aromatic N) is 4. The minimum absolute atomic E-state index is 0.137. The van der Waals surface area contributed by atoms with Gasteiger partial charge in [-0.1, -0.05) is 39.3 Å². The van der Waals surface area contributed by atoms with E-state index in [4.69, 9.17) is 11.6 Å². The van der Waals surface area contributed by atoms with E-state index in [0.29, 0.717) is 5.15 Å². The maximum Gasteiger partial charge on any atom is 0.176 e. The molecule has 0 N–H and O–H groups in total. The lowest BCUT2D eigenvalue weighted by Gasteiger charge is -2.18. The highest BCUT2D eigenvalue weighted by molar-refractivity contribution is 8.00. The van der Waals surface area contributed by atoms with Crippen molar-refractivity contribution < 1.29 is 0 Å². The predicted molar refractivity (Wildman–Crippen MR) is 83.9 cm³/mol. The molecule has 0 aliphatic heterocycles. The lowest BCUT2D eigenvalue weighted by atomic mass is 9.96. The third-order valence-electron chi connectivity index (χ3n) is 2.66. The van der Waals surface area contributed by atoms with Gasteiger partial charge in [0.1, 0.15) is 21.8 Å². The second-order valence-electron chi connectivity index (χ2n) is 5.45.